The Bertz CT molecular complexity index is 684. The molecular formula is C16H22N2O3S. The second-order valence-electron chi connectivity index (χ2n) is 4.91. The molecule has 0 spiro atoms. The van der Waals surface area contributed by atoms with Gasteiger partial charge in [0.25, 0.3) is 5.91 Å². The van der Waals surface area contributed by atoms with E-state index in [0.29, 0.717) is 24.2 Å². The minimum absolute atomic E-state index is 0.121. The van der Waals surface area contributed by atoms with E-state index in [1.54, 1.807) is 37.0 Å². The van der Waals surface area contributed by atoms with Crippen molar-refractivity contribution in [3.63, 3.8) is 0 Å². The van der Waals surface area contributed by atoms with Gasteiger partial charge in [0.05, 0.1) is 4.90 Å². The lowest BCUT2D eigenvalue weighted by molar-refractivity contribution is 0.0790. The van der Waals surface area contributed by atoms with Gasteiger partial charge < -0.3 is 4.90 Å². The summed E-state index contributed by atoms with van der Waals surface area (Å²) in [5.41, 5.74) is 1.71. The molecule has 0 heterocycles. The smallest absolute Gasteiger partial charge is 0.254 e. The summed E-state index contributed by atoms with van der Waals surface area (Å²) in [6.45, 7) is 11.5. The first-order chi connectivity index (χ1) is 10.3. The van der Waals surface area contributed by atoms with Crippen LogP contribution < -0.4 is 4.72 Å². The number of carbonyl (C=O) groups is 1. The molecule has 0 saturated heterocycles. The van der Waals surface area contributed by atoms with Crippen molar-refractivity contribution < 1.29 is 13.2 Å². The number of nitrogens with one attached hydrogen (secondary N) is 1. The third-order valence-corrected chi connectivity index (χ3v) is 4.95. The topological polar surface area (TPSA) is 66.5 Å². The molecule has 120 valence electrons. The lowest BCUT2D eigenvalue weighted by Gasteiger charge is -2.20. The SMILES string of the molecule is C=CCN(CC=C)C(=O)c1cc(C)c(C)c(S(=O)(=O)NC)c1. The minimum atomic E-state index is -3.62. The first kappa shape index (κ1) is 18.1. The maximum Gasteiger partial charge on any atom is 0.254 e. The van der Waals surface area contributed by atoms with Gasteiger partial charge >= 0.3 is 0 Å². The third-order valence-electron chi connectivity index (χ3n) is 3.41. The van der Waals surface area contributed by atoms with Gasteiger partial charge in [0, 0.05) is 18.7 Å². The fourth-order valence-electron chi connectivity index (χ4n) is 2.07. The molecule has 0 unspecified atom stereocenters. The minimum Gasteiger partial charge on any atom is -0.331 e. The van der Waals surface area contributed by atoms with Crippen LogP contribution in [0.1, 0.15) is 21.5 Å². The van der Waals surface area contributed by atoms with Gasteiger partial charge in [0.1, 0.15) is 0 Å². The highest BCUT2D eigenvalue weighted by molar-refractivity contribution is 7.89. The molecule has 0 aliphatic rings. The zero-order valence-corrected chi connectivity index (χ0v) is 14.0. The summed E-state index contributed by atoms with van der Waals surface area (Å²) in [5, 5.41) is 0. The molecular weight excluding hydrogens is 300 g/mol. The van der Waals surface area contributed by atoms with Crippen LogP contribution in [0.3, 0.4) is 0 Å². The van der Waals surface area contributed by atoms with Crippen LogP contribution in [0.15, 0.2) is 42.3 Å². The Kier molecular flexibility index (Phi) is 6.08. The zero-order valence-electron chi connectivity index (χ0n) is 13.2. The molecule has 1 N–H and O–H groups in total. The normalized spacial score (nSPS) is 11.0. The van der Waals surface area contributed by atoms with Crippen LogP contribution in [0, 0.1) is 13.8 Å². The molecule has 0 fully saturated rings. The van der Waals surface area contributed by atoms with Crippen molar-refractivity contribution in [1.29, 1.82) is 0 Å². The Labute approximate surface area is 132 Å². The number of hydrogen-bond acceptors (Lipinski definition) is 3. The highest BCUT2D eigenvalue weighted by Gasteiger charge is 2.21. The molecule has 0 atom stereocenters. The van der Waals surface area contributed by atoms with Crippen molar-refractivity contribution in [2.75, 3.05) is 20.1 Å². The van der Waals surface area contributed by atoms with Crippen LogP contribution in [0.2, 0.25) is 0 Å². The summed E-state index contributed by atoms with van der Waals surface area (Å²) in [7, 11) is -2.27. The Morgan fingerprint density at radius 3 is 2.23 bits per heavy atom. The summed E-state index contributed by atoms with van der Waals surface area (Å²) < 4.78 is 26.5. The van der Waals surface area contributed by atoms with E-state index in [4.69, 9.17) is 0 Å². The van der Waals surface area contributed by atoms with Crippen molar-refractivity contribution >= 4 is 15.9 Å². The van der Waals surface area contributed by atoms with Crippen LogP contribution in [0.25, 0.3) is 0 Å². The summed E-state index contributed by atoms with van der Waals surface area (Å²) in [6, 6.07) is 3.11. The van der Waals surface area contributed by atoms with Gasteiger partial charge in [0.2, 0.25) is 10.0 Å². The van der Waals surface area contributed by atoms with Gasteiger partial charge in [-0.2, -0.15) is 0 Å². The second kappa shape index (κ2) is 7.38. The quantitative estimate of drug-likeness (QED) is 0.781. The molecule has 5 nitrogen and oxygen atoms in total. The predicted molar refractivity (Wildman–Crippen MR) is 88.5 cm³/mol. The highest BCUT2D eigenvalue weighted by atomic mass is 32.2. The maximum atomic E-state index is 12.6. The number of hydrogen-bond donors (Lipinski definition) is 1. The number of carbonyl (C=O) groups excluding carboxylic acids is 1. The van der Waals surface area contributed by atoms with Gasteiger partial charge in [-0.25, -0.2) is 13.1 Å². The van der Waals surface area contributed by atoms with Crippen molar-refractivity contribution in [2.45, 2.75) is 18.7 Å². The Morgan fingerprint density at radius 1 is 1.23 bits per heavy atom. The Morgan fingerprint density at radius 2 is 1.77 bits per heavy atom. The van der Waals surface area contributed by atoms with Gasteiger partial charge in [-0.3, -0.25) is 4.79 Å². The molecule has 0 aliphatic heterocycles. The fourth-order valence-corrected chi connectivity index (χ4v) is 3.14. The van der Waals surface area contributed by atoms with Crippen LogP contribution in [-0.4, -0.2) is 39.4 Å². The first-order valence-corrected chi connectivity index (χ1v) is 8.32. The largest absolute Gasteiger partial charge is 0.331 e. The van der Waals surface area contributed by atoms with Crippen molar-refractivity contribution in [1.82, 2.24) is 9.62 Å². The monoisotopic (exact) mass is 322 g/mol. The summed E-state index contributed by atoms with van der Waals surface area (Å²) >= 11 is 0. The summed E-state index contributed by atoms with van der Waals surface area (Å²) in [6.07, 6.45) is 3.24. The first-order valence-electron chi connectivity index (χ1n) is 6.84. The van der Waals surface area contributed by atoms with Crippen LogP contribution in [-0.2, 0) is 10.0 Å². The van der Waals surface area contributed by atoms with Gasteiger partial charge in [-0.1, -0.05) is 12.2 Å². The van der Waals surface area contributed by atoms with Crippen LogP contribution >= 0.6 is 0 Å². The number of benzene rings is 1. The number of rotatable bonds is 7. The molecule has 1 amide bonds. The van der Waals surface area contributed by atoms with E-state index in [2.05, 4.69) is 17.9 Å². The number of nitrogens with zero attached hydrogens (tertiary/aromatic N) is 1. The molecule has 0 radical (unpaired) electrons. The molecule has 0 aliphatic carbocycles. The van der Waals surface area contributed by atoms with E-state index in [-0.39, 0.29) is 10.8 Å². The van der Waals surface area contributed by atoms with Gasteiger partial charge in [-0.05, 0) is 44.2 Å². The van der Waals surface area contributed by atoms with E-state index in [0.717, 1.165) is 5.56 Å². The average Bonchev–Trinajstić information content (AvgIpc) is 2.48. The fraction of sp³-hybridized carbons (Fsp3) is 0.312. The van der Waals surface area contributed by atoms with E-state index in [1.165, 1.54) is 13.1 Å². The molecule has 0 bridgehead atoms. The summed E-state index contributed by atoms with van der Waals surface area (Å²) in [5.74, 6) is -0.254. The molecule has 22 heavy (non-hydrogen) atoms. The van der Waals surface area contributed by atoms with E-state index >= 15 is 0 Å². The number of amides is 1. The predicted octanol–water partition coefficient (Wildman–Crippen LogP) is 2.03. The number of sulfonamides is 1. The molecule has 6 heteroatoms. The standard InChI is InChI=1S/C16H22N2O3S/c1-6-8-18(9-7-2)16(19)14-10-12(3)13(4)15(11-14)22(20,21)17-5/h6-7,10-11,17H,1-2,8-9H2,3-5H3. The Balaban J connectivity index is 3.40. The van der Waals surface area contributed by atoms with Gasteiger partial charge in [-0.15, -0.1) is 13.2 Å². The van der Waals surface area contributed by atoms with E-state index < -0.39 is 10.0 Å². The van der Waals surface area contributed by atoms with Crippen molar-refractivity contribution in [3.05, 3.63) is 54.1 Å². The molecule has 1 aromatic carbocycles. The van der Waals surface area contributed by atoms with E-state index in [1.807, 2.05) is 0 Å². The van der Waals surface area contributed by atoms with E-state index in [9.17, 15) is 13.2 Å². The lowest BCUT2D eigenvalue weighted by atomic mass is 10.1. The maximum absolute atomic E-state index is 12.6. The summed E-state index contributed by atoms with van der Waals surface area (Å²) in [4.78, 5) is 14.2. The van der Waals surface area contributed by atoms with Crippen molar-refractivity contribution in [2.24, 2.45) is 0 Å². The second-order valence-corrected chi connectivity index (χ2v) is 6.77. The molecule has 0 aromatic heterocycles. The van der Waals surface area contributed by atoms with Crippen LogP contribution in [0.5, 0.6) is 0 Å². The Hall–Kier alpha value is -1.92. The average molecular weight is 322 g/mol. The lowest BCUT2D eigenvalue weighted by Crippen LogP contribution is -2.31. The number of aryl methyl sites for hydroxylation is 1. The third kappa shape index (κ3) is 3.84. The van der Waals surface area contributed by atoms with Crippen molar-refractivity contribution in [3.8, 4) is 0 Å². The zero-order chi connectivity index (χ0) is 16.9. The molecule has 1 aromatic rings. The van der Waals surface area contributed by atoms with Gasteiger partial charge in [0.15, 0.2) is 0 Å². The highest BCUT2D eigenvalue weighted by Crippen LogP contribution is 2.22. The molecule has 1 rings (SSSR count). The molecule has 0 saturated carbocycles. The van der Waals surface area contributed by atoms with Crippen LogP contribution in [0.4, 0.5) is 0 Å².